The quantitative estimate of drug-likeness (QED) is 0.440. The molecule has 26 heavy (non-hydrogen) atoms. The fourth-order valence-electron chi connectivity index (χ4n) is 3.65. The van der Waals surface area contributed by atoms with Gasteiger partial charge in [-0.3, -0.25) is 0 Å². The highest BCUT2D eigenvalue weighted by Crippen LogP contribution is 2.49. The van der Waals surface area contributed by atoms with Gasteiger partial charge in [-0.15, -0.1) is 0 Å². The molecule has 0 aromatic rings. The highest BCUT2D eigenvalue weighted by atomic mass is 16.7. The van der Waals surface area contributed by atoms with Crippen LogP contribution in [0.2, 0.25) is 11.6 Å². The van der Waals surface area contributed by atoms with Crippen LogP contribution in [0.4, 0.5) is 0 Å². The molecule has 0 aliphatic carbocycles. The molecule has 0 saturated carbocycles. The predicted octanol–water partition coefficient (Wildman–Crippen LogP) is 5.51. The van der Waals surface area contributed by atoms with Crippen LogP contribution in [0.3, 0.4) is 0 Å². The van der Waals surface area contributed by atoms with Gasteiger partial charge >= 0.3 is 14.2 Å². The molecule has 0 spiro atoms. The van der Waals surface area contributed by atoms with E-state index >= 15 is 0 Å². The highest BCUT2D eigenvalue weighted by Gasteiger charge is 2.59. The maximum absolute atomic E-state index is 6.41. The van der Waals surface area contributed by atoms with E-state index in [1.807, 2.05) is 0 Å². The summed E-state index contributed by atoms with van der Waals surface area (Å²) in [6.45, 7) is 21.4. The van der Waals surface area contributed by atoms with E-state index in [2.05, 4.69) is 69.2 Å². The summed E-state index contributed by atoms with van der Waals surface area (Å²) in [6, 6.07) is 0. The van der Waals surface area contributed by atoms with Crippen molar-refractivity contribution < 1.29 is 18.6 Å². The first kappa shape index (κ1) is 22.3. The molecule has 0 aromatic heterocycles. The Morgan fingerprint density at radius 1 is 0.654 bits per heavy atom. The molecule has 2 fully saturated rings. The summed E-state index contributed by atoms with van der Waals surface area (Å²) in [5.74, 6) is 0.444. The fourth-order valence-corrected chi connectivity index (χ4v) is 3.65. The number of rotatable bonds is 7. The highest BCUT2D eigenvalue weighted by molar-refractivity contribution is 6.54. The minimum Gasteiger partial charge on any atom is -0.403 e. The lowest BCUT2D eigenvalue weighted by Crippen LogP contribution is -2.41. The Labute approximate surface area is 162 Å². The molecule has 0 amide bonds. The van der Waals surface area contributed by atoms with E-state index in [1.54, 1.807) is 0 Å². The van der Waals surface area contributed by atoms with Crippen LogP contribution in [0.1, 0.15) is 94.9 Å². The van der Waals surface area contributed by atoms with Crippen molar-refractivity contribution in [1.82, 2.24) is 0 Å². The first-order valence-corrected chi connectivity index (χ1v) is 10.5. The molecular weight excluding hydrogens is 326 g/mol. The molecule has 0 N–H and O–H groups in total. The Kier molecular flexibility index (Phi) is 6.35. The first-order valence-electron chi connectivity index (χ1n) is 10.5. The molecule has 2 saturated heterocycles. The molecule has 150 valence electrons. The van der Waals surface area contributed by atoms with Crippen LogP contribution >= 0.6 is 0 Å². The van der Waals surface area contributed by atoms with Crippen LogP contribution in [0, 0.1) is 0 Å². The Morgan fingerprint density at radius 2 is 1.04 bits per heavy atom. The van der Waals surface area contributed by atoms with E-state index in [9.17, 15) is 0 Å². The van der Waals surface area contributed by atoms with Crippen LogP contribution in [-0.4, -0.2) is 36.6 Å². The minimum atomic E-state index is -0.310. The third kappa shape index (κ3) is 4.19. The van der Waals surface area contributed by atoms with Crippen LogP contribution in [0.15, 0.2) is 0 Å². The van der Waals surface area contributed by atoms with Gasteiger partial charge in [0, 0.05) is 0 Å². The van der Waals surface area contributed by atoms with Gasteiger partial charge in [-0.1, -0.05) is 39.5 Å². The second-order valence-corrected chi connectivity index (χ2v) is 10.3. The molecule has 2 rings (SSSR count). The fraction of sp³-hybridized carbons (Fsp3) is 1.00. The van der Waals surface area contributed by atoms with Crippen LogP contribution in [0.25, 0.3) is 0 Å². The lowest BCUT2D eigenvalue weighted by Gasteiger charge is -2.32. The van der Waals surface area contributed by atoms with Crippen LogP contribution in [0.5, 0.6) is 0 Å². The van der Waals surface area contributed by atoms with Gasteiger partial charge in [-0.2, -0.15) is 0 Å². The lowest BCUT2D eigenvalue weighted by molar-refractivity contribution is 0.00578. The zero-order chi connectivity index (χ0) is 20.0. The average Bonchev–Trinajstić information content (AvgIpc) is 2.82. The number of hydrogen-bond acceptors (Lipinski definition) is 4. The van der Waals surface area contributed by atoms with Gasteiger partial charge in [0.1, 0.15) is 0 Å². The van der Waals surface area contributed by atoms with Crippen molar-refractivity contribution in [3.63, 3.8) is 0 Å². The van der Waals surface area contributed by atoms with Crippen molar-refractivity contribution in [2.45, 2.75) is 129 Å². The van der Waals surface area contributed by atoms with Gasteiger partial charge in [-0.25, -0.2) is 0 Å². The minimum absolute atomic E-state index is 0.197. The first-order chi connectivity index (χ1) is 11.7. The summed E-state index contributed by atoms with van der Waals surface area (Å²) >= 11 is 0. The largest absolute Gasteiger partial charge is 0.460 e. The van der Waals surface area contributed by atoms with Gasteiger partial charge in [0.05, 0.1) is 22.4 Å². The maximum Gasteiger partial charge on any atom is 0.460 e. The zero-order valence-corrected chi connectivity index (χ0v) is 18.8. The molecule has 2 aliphatic rings. The van der Waals surface area contributed by atoms with Crippen molar-refractivity contribution in [2.24, 2.45) is 0 Å². The van der Waals surface area contributed by atoms with E-state index in [4.69, 9.17) is 18.6 Å². The third-order valence-electron chi connectivity index (χ3n) is 7.14. The molecule has 4 nitrogen and oxygen atoms in total. The maximum atomic E-state index is 6.41. The summed E-state index contributed by atoms with van der Waals surface area (Å²) in [4.78, 5) is 0. The van der Waals surface area contributed by atoms with Gasteiger partial charge in [0.25, 0.3) is 0 Å². The summed E-state index contributed by atoms with van der Waals surface area (Å²) < 4.78 is 25.5. The van der Waals surface area contributed by atoms with Crippen molar-refractivity contribution >= 4 is 14.2 Å². The Morgan fingerprint density at radius 3 is 1.42 bits per heavy atom. The van der Waals surface area contributed by atoms with Crippen LogP contribution in [-0.2, 0) is 18.6 Å². The van der Waals surface area contributed by atoms with Gasteiger partial charge in [0.2, 0.25) is 0 Å². The lowest BCUT2D eigenvalue weighted by atomic mass is 9.52. The molecule has 2 heterocycles. The Bertz CT molecular complexity index is 458. The van der Waals surface area contributed by atoms with E-state index in [-0.39, 0.29) is 48.3 Å². The summed E-state index contributed by atoms with van der Waals surface area (Å²) in [5.41, 5.74) is -1.24. The molecule has 2 atom stereocenters. The molecule has 2 aliphatic heterocycles. The Balaban J connectivity index is 2.17. The molecule has 0 radical (unpaired) electrons. The monoisotopic (exact) mass is 366 g/mol. The second kappa shape index (κ2) is 7.42. The molecule has 0 unspecified atom stereocenters. The SMILES string of the molecule is CCCCC[C@H](B1OC(C)(C)C(C)(C)O1)[C@@H](C)B1OC(C)(C)C(C)(C)O1. The van der Waals surface area contributed by atoms with E-state index in [0.717, 1.165) is 6.42 Å². The second-order valence-electron chi connectivity index (χ2n) is 10.3. The van der Waals surface area contributed by atoms with Crippen molar-refractivity contribution in [3.05, 3.63) is 0 Å². The van der Waals surface area contributed by atoms with Crippen molar-refractivity contribution in [2.75, 3.05) is 0 Å². The smallest absolute Gasteiger partial charge is 0.403 e. The topological polar surface area (TPSA) is 36.9 Å². The Hall–Kier alpha value is -0.0301. The molecule has 0 bridgehead atoms. The third-order valence-corrected chi connectivity index (χ3v) is 7.14. The van der Waals surface area contributed by atoms with Crippen LogP contribution < -0.4 is 0 Å². The van der Waals surface area contributed by atoms with E-state index in [1.165, 1.54) is 19.3 Å². The van der Waals surface area contributed by atoms with Gasteiger partial charge in [0.15, 0.2) is 0 Å². The number of unbranched alkanes of at least 4 members (excludes halogenated alkanes) is 2. The van der Waals surface area contributed by atoms with E-state index in [0.29, 0.717) is 0 Å². The van der Waals surface area contributed by atoms with Gasteiger partial charge in [-0.05, 0) is 67.0 Å². The predicted molar refractivity (Wildman–Crippen MR) is 109 cm³/mol. The molecule has 0 aromatic carbocycles. The average molecular weight is 366 g/mol. The number of hydrogen-bond donors (Lipinski definition) is 0. The normalized spacial score (nSPS) is 28.4. The molecular formula is C20H40B2O4. The van der Waals surface area contributed by atoms with E-state index < -0.39 is 0 Å². The summed E-state index contributed by atoms with van der Waals surface area (Å²) in [6.07, 6.45) is 4.68. The van der Waals surface area contributed by atoms with Crippen molar-refractivity contribution in [3.8, 4) is 0 Å². The zero-order valence-electron chi connectivity index (χ0n) is 18.8. The molecule has 6 heteroatoms. The van der Waals surface area contributed by atoms with Crippen molar-refractivity contribution in [1.29, 1.82) is 0 Å². The van der Waals surface area contributed by atoms with Gasteiger partial charge < -0.3 is 18.6 Å². The summed E-state index contributed by atoms with van der Waals surface area (Å²) in [7, 11) is -0.448. The summed E-state index contributed by atoms with van der Waals surface area (Å²) in [5, 5.41) is 0. The standard InChI is InChI=1S/C20H40B2O4/c1-11-12-13-14-16(22-25-19(7,8)20(9,10)26-22)15(2)21-23-17(3,4)18(5,6)24-21/h15-16H,11-14H2,1-10H3/t15-,16+/m1/s1.